The standard InChI is InChI=1S/C10H12/c1-4-8-9-6(2)5-7(3)10(8)9/h5H,4H2,1-3H3. The molecule has 0 N–H and O–H groups in total. The summed E-state index contributed by atoms with van der Waals surface area (Å²) < 4.78 is 0. The van der Waals surface area contributed by atoms with Crippen LogP contribution in [0.1, 0.15) is 23.6 Å². The molecule has 0 fully saturated rings. The molecule has 0 heterocycles. The van der Waals surface area contributed by atoms with Crippen LogP contribution in [0.3, 0.4) is 0 Å². The van der Waals surface area contributed by atoms with E-state index in [4.69, 9.17) is 0 Å². The maximum absolute atomic E-state index is 2.28. The van der Waals surface area contributed by atoms with Gasteiger partial charge in [0.2, 0.25) is 0 Å². The molecular formula is C10H12. The average Bonchev–Trinajstić information content (AvgIpc) is 2.53. The van der Waals surface area contributed by atoms with Gasteiger partial charge in [0.25, 0.3) is 0 Å². The first-order valence-electron chi connectivity index (χ1n) is 3.89. The smallest absolute Gasteiger partial charge is 0.0111 e. The van der Waals surface area contributed by atoms with Crippen molar-refractivity contribution in [2.45, 2.75) is 27.2 Å². The van der Waals surface area contributed by atoms with Crippen molar-refractivity contribution in [2.24, 2.45) is 0 Å². The van der Waals surface area contributed by atoms with Gasteiger partial charge in [-0.05, 0) is 48.1 Å². The number of rotatable bonds is 1. The number of hydrogen-bond acceptors (Lipinski definition) is 0. The Morgan fingerprint density at radius 1 is 1.10 bits per heavy atom. The van der Waals surface area contributed by atoms with Crippen molar-refractivity contribution < 1.29 is 0 Å². The second kappa shape index (κ2) is 1.63. The molecule has 0 unspecified atom stereocenters. The van der Waals surface area contributed by atoms with Gasteiger partial charge in [0.1, 0.15) is 0 Å². The number of hydrogen-bond donors (Lipinski definition) is 0. The molecule has 0 atom stereocenters. The maximum atomic E-state index is 2.28. The van der Waals surface area contributed by atoms with Crippen LogP contribution >= 0.6 is 0 Å². The van der Waals surface area contributed by atoms with Crippen LogP contribution in [0.4, 0.5) is 0 Å². The van der Waals surface area contributed by atoms with Crippen LogP contribution in [0.5, 0.6) is 0 Å². The Bertz CT molecular complexity index is 269. The van der Waals surface area contributed by atoms with Crippen molar-refractivity contribution in [3.63, 3.8) is 0 Å². The topological polar surface area (TPSA) is 0 Å². The fourth-order valence-electron chi connectivity index (χ4n) is 1.92. The van der Waals surface area contributed by atoms with Gasteiger partial charge in [-0.15, -0.1) is 0 Å². The van der Waals surface area contributed by atoms with Crippen molar-refractivity contribution in [3.8, 4) is 11.1 Å². The van der Waals surface area contributed by atoms with Gasteiger partial charge in [-0.3, -0.25) is 0 Å². The third-order valence-electron chi connectivity index (χ3n) is 2.37. The first-order valence-corrected chi connectivity index (χ1v) is 3.89. The number of aryl methyl sites for hydroxylation is 3. The predicted molar refractivity (Wildman–Crippen MR) is 44.3 cm³/mol. The summed E-state index contributed by atoms with van der Waals surface area (Å²) in [6.07, 6.45) is 1.22. The lowest BCUT2D eigenvalue weighted by atomic mass is 10.2. The molecule has 0 aromatic rings. The summed E-state index contributed by atoms with van der Waals surface area (Å²) in [5.41, 5.74) is 7.70. The van der Waals surface area contributed by atoms with E-state index in [-0.39, 0.29) is 0 Å². The van der Waals surface area contributed by atoms with E-state index in [1.54, 1.807) is 16.7 Å². The van der Waals surface area contributed by atoms with Crippen LogP contribution in [0.25, 0.3) is 11.1 Å². The minimum absolute atomic E-state index is 1.22. The van der Waals surface area contributed by atoms with Gasteiger partial charge in [-0.2, -0.15) is 0 Å². The third kappa shape index (κ3) is 0.518. The second-order valence-electron chi connectivity index (χ2n) is 3.09. The molecule has 0 heteroatoms. The van der Waals surface area contributed by atoms with Gasteiger partial charge in [0.15, 0.2) is 0 Å². The molecule has 2 aliphatic rings. The summed E-state index contributed by atoms with van der Waals surface area (Å²) in [6.45, 7) is 6.64. The van der Waals surface area contributed by atoms with Gasteiger partial charge >= 0.3 is 0 Å². The van der Waals surface area contributed by atoms with Crippen molar-refractivity contribution >= 4 is 0 Å². The Morgan fingerprint density at radius 2 is 1.60 bits per heavy atom. The van der Waals surface area contributed by atoms with Crippen LogP contribution in [-0.2, 0) is 6.42 Å². The van der Waals surface area contributed by atoms with E-state index in [0.717, 1.165) is 0 Å². The maximum Gasteiger partial charge on any atom is -0.0111 e. The predicted octanol–water partition coefficient (Wildman–Crippen LogP) is 2.85. The van der Waals surface area contributed by atoms with Crippen molar-refractivity contribution in [2.75, 3.05) is 0 Å². The molecule has 0 nitrogen and oxygen atoms in total. The molecule has 0 aliphatic heterocycles. The molecule has 0 saturated heterocycles. The van der Waals surface area contributed by atoms with Crippen molar-refractivity contribution in [1.82, 2.24) is 0 Å². The van der Waals surface area contributed by atoms with Crippen molar-refractivity contribution in [3.05, 3.63) is 22.8 Å². The SMILES string of the molecule is CCc1c2c(C)cc(C)c1-2. The van der Waals surface area contributed by atoms with Crippen LogP contribution < -0.4 is 0 Å². The molecule has 52 valence electrons. The Labute approximate surface area is 61.9 Å². The summed E-state index contributed by atoms with van der Waals surface area (Å²) in [7, 11) is 0. The fourth-order valence-corrected chi connectivity index (χ4v) is 1.92. The highest BCUT2D eigenvalue weighted by Crippen LogP contribution is 2.48. The molecular weight excluding hydrogens is 120 g/mol. The van der Waals surface area contributed by atoms with Gasteiger partial charge in [-0.25, -0.2) is 0 Å². The van der Waals surface area contributed by atoms with Crippen LogP contribution in [0.2, 0.25) is 0 Å². The monoisotopic (exact) mass is 132 g/mol. The van der Waals surface area contributed by atoms with Crippen LogP contribution in [-0.4, -0.2) is 0 Å². The van der Waals surface area contributed by atoms with Gasteiger partial charge < -0.3 is 0 Å². The molecule has 0 aromatic heterocycles. The van der Waals surface area contributed by atoms with Crippen LogP contribution in [0, 0.1) is 13.8 Å². The van der Waals surface area contributed by atoms with E-state index in [0.29, 0.717) is 0 Å². The quantitative estimate of drug-likeness (QED) is 0.559. The van der Waals surface area contributed by atoms with Gasteiger partial charge in [-0.1, -0.05) is 13.0 Å². The summed E-state index contributed by atoms with van der Waals surface area (Å²) in [5.74, 6) is 0. The van der Waals surface area contributed by atoms with Crippen molar-refractivity contribution in [1.29, 1.82) is 0 Å². The fraction of sp³-hybridized carbons (Fsp3) is 0.400. The molecule has 10 heavy (non-hydrogen) atoms. The Kier molecular flexibility index (Phi) is 0.971. The highest BCUT2D eigenvalue weighted by Gasteiger charge is 2.27. The first-order chi connectivity index (χ1) is 4.75. The first kappa shape index (κ1) is 5.96. The molecule has 0 radical (unpaired) electrons. The van der Waals surface area contributed by atoms with Gasteiger partial charge in [0.05, 0.1) is 0 Å². The lowest BCUT2D eigenvalue weighted by molar-refractivity contribution is 1.19. The molecule has 0 bridgehead atoms. The summed E-state index contributed by atoms with van der Waals surface area (Å²) in [5, 5.41) is 0. The number of fused-ring (bicyclic) bond motifs is 1. The number of benzene rings is 1. The second-order valence-corrected chi connectivity index (χ2v) is 3.09. The lowest BCUT2D eigenvalue weighted by Crippen LogP contribution is -1.66. The van der Waals surface area contributed by atoms with E-state index in [1.165, 1.54) is 17.5 Å². The summed E-state index contributed by atoms with van der Waals surface area (Å²) >= 11 is 0. The summed E-state index contributed by atoms with van der Waals surface area (Å²) in [4.78, 5) is 0. The highest BCUT2D eigenvalue weighted by molar-refractivity contribution is 5.95. The van der Waals surface area contributed by atoms with E-state index in [9.17, 15) is 0 Å². The van der Waals surface area contributed by atoms with E-state index in [1.807, 2.05) is 0 Å². The van der Waals surface area contributed by atoms with E-state index < -0.39 is 0 Å². The molecule has 0 spiro atoms. The molecule has 0 aromatic carbocycles. The van der Waals surface area contributed by atoms with E-state index in [2.05, 4.69) is 26.8 Å². The molecule has 2 aliphatic carbocycles. The summed E-state index contributed by atoms with van der Waals surface area (Å²) in [6, 6.07) is 2.28. The molecule has 2 rings (SSSR count). The molecule has 0 saturated carbocycles. The Balaban J connectivity index is 2.56. The zero-order valence-electron chi connectivity index (χ0n) is 6.78. The van der Waals surface area contributed by atoms with E-state index >= 15 is 0 Å². The Hall–Kier alpha value is -0.780. The third-order valence-corrected chi connectivity index (χ3v) is 2.37. The normalized spacial score (nSPS) is 11.9. The zero-order valence-corrected chi connectivity index (χ0v) is 6.78. The minimum atomic E-state index is 1.22. The molecule has 0 amide bonds. The highest BCUT2D eigenvalue weighted by atomic mass is 14.3. The average molecular weight is 132 g/mol. The largest absolute Gasteiger partial charge is 0.0612 e. The minimum Gasteiger partial charge on any atom is -0.0612 e. The van der Waals surface area contributed by atoms with Gasteiger partial charge in [0, 0.05) is 0 Å². The van der Waals surface area contributed by atoms with Crippen LogP contribution in [0.15, 0.2) is 6.07 Å². The zero-order chi connectivity index (χ0) is 7.30. The Morgan fingerprint density at radius 3 is 1.90 bits per heavy atom. The lowest BCUT2D eigenvalue weighted by Gasteiger charge is -1.82.